The summed E-state index contributed by atoms with van der Waals surface area (Å²) in [6.07, 6.45) is -2.59. The highest BCUT2D eigenvalue weighted by Crippen LogP contribution is 2.34. The maximum absolute atomic E-state index is 12.1. The molecule has 0 fully saturated rings. The van der Waals surface area contributed by atoms with E-state index in [-0.39, 0.29) is 30.5 Å². The Bertz CT molecular complexity index is 513. The Labute approximate surface area is 137 Å². The molecule has 0 spiro atoms. The number of carbonyl (C=O) groups excluding carboxylic acids is 1. The molecule has 0 heterocycles. The Morgan fingerprint density at radius 3 is 2.17 bits per heavy atom. The molecular formula is C14H27NO7S. The summed E-state index contributed by atoms with van der Waals surface area (Å²) in [7, 11) is -3.92. The minimum atomic E-state index is -3.92. The number of hydrogen-bond acceptors (Lipinski definition) is 6. The van der Waals surface area contributed by atoms with E-state index in [0.29, 0.717) is 0 Å². The van der Waals surface area contributed by atoms with Crippen molar-refractivity contribution in [2.45, 2.75) is 53.2 Å². The van der Waals surface area contributed by atoms with Crippen molar-refractivity contribution in [1.29, 1.82) is 0 Å². The van der Waals surface area contributed by atoms with Crippen LogP contribution in [0.2, 0.25) is 0 Å². The van der Waals surface area contributed by atoms with E-state index in [9.17, 15) is 23.1 Å². The topological polar surface area (TPSA) is 130 Å². The molecule has 0 bridgehead atoms. The van der Waals surface area contributed by atoms with Crippen molar-refractivity contribution in [3.8, 4) is 0 Å². The van der Waals surface area contributed by atoms with Crippen LogP contribution in [0.4, 0.5) is 0 Å². The van der Waals surface area contributed by atoms with Crippen molar-refractivity contribution < 1.29 is 32.4 Å². The van der Waals surface area contributed by atoms with Crippen LogP contribution in [0.3, 0.4) is 0 Å². The number of amides is 1. The molecule has 9 heteroatoms. The summed E-state index contributed by atoms with van der Waals surface area (Å²) in [5, 5.41) is 21.3. The van der Waals surface area contributed by atoms with Crippen LogP contribution in [0.1, 0.15) is 41.0 Å². The minimum Gasteiger partial charge on any atom is -0.479 e. The summed E-state index contributed by atoms with van der Waals surface area (Å²) in [5.74, 6) is -2.33. The highest BCUT2D eigenvalue weighted by molar-refractivity contribution is 7.86. The van der Waals surface area contributed by atoms with Gasteiger partial charge in [-0.3, -0.25) is 8.98 Å². The van der Waals surface area contributed by atoms with E-state index >= 15 is 0 Å². The number of aliphatic hydroxyl groups excluding tert-OH is 1. The van der Waals surface area contributed by atoms with E-state index in [0.717, 1.165) is 0 Å². The van der Waals surface area contributed by atoms with Crippen LogP contribution in [0, 0.1) is 11.3 Å². The van der Waals surface area contributed by atoms with Crippen LogP contribution < -0.4 is 5.32 Å². The fourth-order valence-electron chi connectivity index (χ4n) is 2.29. The number of hydrogen-bond donors (Lipinski definition) is 3. The molecule has 0 aliphatic rings. The van der Waals surface area contributed by atoms with Gasteiger partial charge in [-0.2, -0.15) is 8.42 Å². The summed E-state index contributed by atoms with van der Waals surface area (Å²) >= 11 is 0. The van der Waals surface area contributed by atoms with E-state index in [1.807, 2.05) is 0 Å². The van der Waals surface area contributed by atoms with Crippen molar-refractivity contribution in [2.24, 2.45) is 11.3 Å². The van der Waals surface area contributed by atoms with E-state index in [1.165, 1.54) is 20.8 Å². The molecule has 1 unspecified atom stereocenters. The van der Waals surface area contributed by atoms with Crippen molar-refractivity contribution in [3.63, 3.8) is 0 Å². The fourth-order valence-corrected chi connectivity index (χ4v) is 3.67. The van der Waals surface area contributed by atoms with Crippen LogP contribution in [-0.4, -0.2) is 55.0 Å². The maximum atomic E-state index is 12.1. The molecule has 0 aliphatic heterocycles. The van der Waals surface area contributed by atoms with Crippen molar-refractivity contribution in [2.75, 3.05) is 12.3 Å². The number of carboxylic acid groups (broad SMARTS) is 1. The molecule has 0 aromatic rings. The summed E-state index contributed by atoms with van der Waals surface area (Å²) in [6, 6.07) is 0. The molecule has 0 saturated carbocycles. The lowest BCUT2D eigenvalue weighted by molar-refractivity contribution is -0.159. The molecule has 23 heavy (non-hydrogen) atoms. The molecular weight excluding hydrogens is 326 g/mol. The Kier molecular flexibility index (Phi) is 8.16. The number of aliphatic hydroxyl groups is 1. The Hall–Kier alpha value is -1.19. The molecule has 0 aromatic heterocycles. The third kappa shape index (κ3) is 7.28. The van der Waals surface area contributed by atoms with Crippen molar-refractivity contribution in [1.82, 2.24) is 5.32 Å². The highest BCUT2D eigenvalue weighted by atomic mass is 32.2. The van der Waals surface area contributed by atoms with E-state index in [1.54, 1.807) is 13.8 Å². The lowest BCUT2D eigenvalue weighted by Gasteiger charge is -2.37. The molecule has 0 aromatic carbocycles. The zero-order chi connectivity index (χ0) is 18.4. The van der Waals surface area contributed by atoms with Gasteiger partial charge < -0.3 is 15.5 Å². The number of carboxylic acids is 1. The predicted molar refractivity (Wildman–Crippen MR) is 84.2 cm³/mol. The van der Waals surface area contributed by atoms with Gasteiger partial charge in [0.25, 0.3) is 10.1 Å². The van der Waals surface area contributed by atoms with Gasteiger partial charge in [-0.25, -0.2) is 4.79 Å². The van der Waals surface area contributed by atoms with Crippen LogP contribution in [0.5, 0.6) is 0 Å². The fraction of sp³-hybridized carbons (Fsp3) is 0.857. The summed E-state index contributed by atoms with van der Waals surface area (Å²) < 4.78 is 29.3. The Morgan fingerprint density at radius 2 is 1.78 bits per heavy atom. The van der Waals surface area contributed by atoms with Gasteiger partial charge in [0.1, 0.15) is 0 Å². The molecule has 3 N–H and O–H groups in total. The quantitative estimate of drug-likeness (QED) is 0.382. The molecule has 0 rings (SSSR count). The van der Waals surface area contributed by atoms with Crippen molar-refractivity contribution in [3.05, 3.63) is 0 Å². The van der Waals surface area contributed by atoms with Crippen molar-refractivity contribution >= 4 is 22.0 Å². The summed E-state index contributed by atoms with van der Waals surface area (Å²) in [6.45, 7) is 7.80. The first kappa shape index (κ1) is 21.8. The van der Waals surface area contributed by atoms with Gasteiger partial charge in [0.15, 0.2) is 6.10 Å². The third-order valence-electron chi connectivity index (χ3n) is 3.47. The lowest BCUT2D eigenvalue weighted by atomic mass is 9.76. The number of aliphatic carboxylic acids is 1. The Balaban J connectivity index is 4.99. The van der Waals surface area contributed by atoms with Gasteiger partial charge in [0.05, 0.1) is 11.9 Å². The summed E-state index contributed by atoms with van der Waals surface area (Å²) in [5.41, 5.74) is -1.30. The van der Waals surface area contributed by atoms with E-state index in [2.05, 4.69) is 5.32 Å². The zero-order valence-corrected chi connectivity index (χ0v) is 15.0. The second-order valence-electron chi connectivity index (χ2n) is 6.42. The van der Waals surface area contributed by atoms with Gasteiger partial charge in [-0.05, 0) is 12.3 Å². The highest BCUT2D eigenvalue weighted by Gasteiger charge is 2.44. The number of carbonyl (C=O) groups is 2. The molecule has 0 saturated heterocycles. The smallest absolute Gasteiger partial charge is 0.333 e. The largest absolute Gasteiger partial charge is 0.479 e. The molecule has 2 atom stereocenters. The minimum absolute atomic E-state index is 0.175. The summed E-state index contributed by atoms with van der Waals surface area (Å²) in [4.78, 5) is 21.7. The Morgan fingerprint density at radius 1 is 1.26 bits per heavy atom. The molecule has 0 aliphatic carbocycles. The van der Waals surface area contributed by atoms with Crippen LogP contribution in [-0.2, 0) is 23.9 Å². The number of rotatable bonds is 10. The average Bonchev–Trinajstić information content (AvgIpc) is 2.39. The standard InChI is InChI=1S/C14H27NO7S/c1-9(2)12(14(4,5)11(17)13(18)19)22-23(20,21)8-6-7-15-10(3)16/h9,11-12,17H,6-8H2,1-5H3,(H,15,16)(H,18,19)/t11-,12?/m0/s1. The average molecular weight is 353 g/mol. The first-order chi connectivity index (χ1) is 10.3. The molecule has 1 amide bonds. The van der Waals surface area contributed by atoms with Crippen LogP contribution in [0.15, 0.2) is 0 Å². The van der Waals surface area contributed by atoms with Gasteiger partial charge in [-0.1, -0.05) is 27.7 Å². The predicted octanol–water partition coefficient (Wildman–Crippen LogP) is 0.355. The number of nitrogens with one attached hydrogen (secondary N) is 1. The second kappa shape index (κ2) is 8.60. The lowest BCUT2D eigenvalue weighted by Crippen LogP contribution is -2.49. The maximum Gasteiger partial charge on any atom is 0.333 e. The van der Waals surface area contributed by atoms with Gasteiger partial charge in [-0.15, -0.1) is 0 Å². The molecule has 0 radical (unpaired) electrons. The first-order valence-corrected chi connectivity index (χ1v) is 8.95. The SMILES string of the molecule is CC(=O)NCCCS(=O)(=O)OC(C(C)C)C(C)(C)[C@@H](O)C(=O)O. The van der Waals surface area contributed by atoms with Crippen LogP contribution in [0.25, 0.3) is 0 Å². The van der Waals surface area contributed by atoms with Gasteiger partial charge in [0, 0.05) is 18.9 Å². The third-order valence-corrected chi connectivity index (χ3v) is 4.76. The van der Waals surface area contributed by atoms with Crippen LogP contribution >= 0.6 is 0 Å². The van der Waals surface area contributed by atoms with Gasteiger partial charge in [0.2, 0.25) is 5.91 Å². The first-order valence-electron chi connectivity index (χ1n) is 7.37. The normalized spacial score (nSPS) is 15.3. The van der Waals surface area contributed by atoms with Gasteiger partial charge >= 0.3 is 5.97 Å². The molecule has 136 valence electrons. The molecule has 8 nitrogen and oxygen atoms in total. The zero-order valence-electron chi connectivity index (χ0n) is 14.2. The monoisotopic (exact) mass is 353 g/mol. The van der Waals surface area contributed by atoms with E-state index in [4.69, 9.17) is 9.29 Å². The second-order valence-corrected chi connectivity index (χ2v) is 8.14. The van der Waals surface area contributed by atoms with E-state index < -0.39 is 33.7 Å².